The Morgan fingerprint density at radius 2 is 1.96 bits per heavy atom. The zero-order chi connectivity index (χ0) is 16.7. The molecule has 23 heavy (non-hydrogen) atoms. The fourth-order valence-electron chi connectivity index (χ4n) is 1.65. The molecule has 0 saturated heterocycles. The number of rotatable bonds is 6. The number of carbonyl (C=O) groups excluding carboxylic acids is 1. The summed E-state index contributed by atoms with van der Waals surface area (Å²) in [5.41, 5.74) is 2.43. The monoisotopic (exact) mass is 333 g/mol. The van der Waals surface area contributed by atoms with Crippen LogP contribution in [0.5, 0.6) is 5.75 Å². The molecule has 1 N–H and O–H groups in total. The average Bonchev–Trinajstić information content (AvgIpc) is 2.54. The molecule has 118 valence electrons. The molecule has 2 aromatic carbocycles. The Balaban J connectivity index is 1.87. The normalized spacial score (nSPS) is 10.5. The Labute approximate surface area is 136 Å². The van der Waals surface area contributed by atoms with Crippen LogP contribution in [0.25, 0.3) is 0 Å². The minimum Gasteiger partial charge on any atom is -0.484 e. The highest BCUT2D eigenvalue weighted by atomic mass is 35.5. The van der Waals surface area contributed by atoms with Crippen LogP contribution in [0.3, 0.4) is 0 Å². The van der Waals surface area contributed by atoms with Gasteiger partial charge in [0, 0.05) is 11.1 Å². The van der Waals surface area contributed by atoms with Gasteiger partial charge >= 0.3 is 0 Å². The minimum absolute atomic E-state index is 0.0945. The lowest BCUT2D eigenvalue weighted by Gasteiger charge is -2.04. The van der Waals surface area contributed by atoms with Crippen molar-refractivity contribution in [2.24, 2.45) is 5.10 Å². The molecule has 0 unspecified atom stereocenters. The molecule has 8 heteroatoms. The number of nitrogens with zero attached hydrogens (tertiary/aromatic N) is 2. The van der Waals surface area contributed by atoms with Crippen molar-refractivity contribution in [2.45, 2.75) is 0 Å². The summed E-state index contributed by atoms with van der Waals surface area (Å²) in [4.78, 5) is 21.9. The van der Waals surface area contributed by atoms with E-state index in [4.69, 9.17) is 16.3 Å². The number of amides is 1. The molecule has 0 atom stereocenters. The summed E-state index contributed by atoms with van der Waals surface area (Å²) in [6.07, 6.45) is 1.21. The summed E-state index contributed by atoms with van der Waals surface area (Å²) in [5.74, 6) is 0.00186. The van der Waals surface area contributed by atoms with E-state index in [1.54, 1.807) is 36.4 Å². The number of hydrogen-bond acceptors (Lipinski definition) is 5. The third-order valence-electron chi connectivity index (χ3n) is 2.71. The lowest BCUT2D eigenvalue weighted by molar-refractivity contribution is -0.385. The van der Waals surface area contributed by atoms with Gasteiger partial charge in [0.25, 0.3) is 11.6 Å². The molecular weight excluding hydrogens is 322 g/mol. The first kappa shape index (κ1) is 16.4. The molecule has 0 aromatic heterocycles. The largest absolute Gasteiger partial charge is 0.484 e. The standard InChI is InChI=1S/C15H12ClN3O4/c16-12-5-7-13(8-6-12)23-10-15(20)18-17-9-11-3-1-2-4-14(11)19(21)22/h1-9H,10H2,(H,18,20)/b17-9+. The van der Waals surface area contributed by atoms with Crippen molar-refractivity contribution in [2.75, 3.05) is 6.61 Å². The number of nitrogens with one attached hydrogen (secondary N) is 1. The topological polar surface area (TPSA) is 93.8 Å². The summed E-state index contributed by atoms with van der Waals surface area (Å²) in [6.45, 7) is -0.240. The van der Waals surface area contributed by atoms with Gasteiger partial charge in [0.1, 0.15) is 5.75 Å². The van der Waals surface area contributed by atoms with Gasteiger partial charge in [-0.15, -0.1) is 0 Å². The Morgan fingerprint density at radius 3 is 2.65 bits per heavy atom. The second-order valence-electron chi connectivity index (χ2n) is 4.35. The van der Waals surface area contributed by atoms with Crippen molar-refractivity contribution in [3.8, 4) is 5.75 Å². The molecule has 2 aromatic rings. The average molecular weight is 334 g/mol. The van der Waals surface area contributed by atoms with Crippen LogP contribution in [0, 0.1) is 10.1 Å². The lowest BCUT2D eigenvalue weighted by atomic mass is 10.2. The number of carbonyl (C=O) groups is 1. The van der Waals surface area contributed by atoms with Gasteiger partial charge < -0.3 is 4.74 Å². The van der Waals surface area contributed by atoms with Crippen LogP contribution >= 0.6 is 11.6 Å². The van der Waals surface area contributed by atoms with E-state index >= 15 is 0 Å². The second-order valence-corrected chi connectivity index (χ2v) is 4.79. The first-order valence-corrected chi connectivity index (χ1v) is 6.88. The third kappa shape index (κ3) is 5.08. The van der Waals surface area contributed by atoms with Gasteiger partial charge in [-0.3, -0.25) is 14.9 Å². The van der Waals surface area contributed by atoms with Crippen molar-refractivity contribution in [1.29, 1.82) is 0 Å². The van der Waals surface area contributed by atoms with Crippen molar-refractivity contribution < 1.29 is 14.5 Å². The number of para-hydroxylation sites is 1. The summed E-state index contributed by atoms with van der Waals surface area (Å²) in [6, 6.07) is 12.6. The van der Waals surface area contributed by atoms with Crippen LogP contribution in [-0.2, 0) is 4.79 Å². The Morgan fingerprint density at radius 1 is 1.26 bits per heavy atom. The summed E-state index contributed by atoms with van der Waals surface area (Å²) < 4.78 is 5.23. The molecule has 0 aliphatic carbocycles. The van der Waals surface area contributed by atoms with Gasteiger partial charge in [-0.1, -0.05) is 23.7 Å². The summed E-state index contributed by atoms with van der Waals surface area (Å²) in [7, 11) is 0. The Kier molecular flexibility index (Phi) is 5.65. The fourth-order valence-corrected chi connectivity index (χ4v) is 1.77. The van der Waals surface area contributed by atoms with Crippen LogP contribution in [0.2, 0.25) is 5.02 Å². The van der Waals surface area contributed by atoms with E-state index in [1.165, 1.54) is 18.3 Å². The number of halogens is 1. The van der Waals surface area contributed by atoms with E-state index in [-0.39, 0.29) is 17.9 Å². The van der Waals surface area contributed by atoms with Crippen molar-refractivity contribution in [3.05, 3.63) is 69.2 Å². The van der Waals surface area contributed by atoms with Gasteiger partial charge in [0.05, 0.1) is 16.7 Å². The van der Waals surface area contributed by atoms with Crippen LogP contribution < -0.4 is 10.2 Å². The molecule has 1 amide bonds. The highest BCUT2D eigenvalue weighted by Crippen LogP contribution is 2.16. The molecule has 0 spiro atoms. The predicted molar refractivity (Wildman–Crippen MR) is 85.8 cm³/mol. The summed E-state index contributed by atoms with van der Waals surface area (Å²) in [5, 5.41) is 15.1. The van der Waals surface area contributed by atoms with Crippen molar-refractivity contribution in [1.82, 2.24) is 5.43 Å². The summed E-state index contributed by atoms with van der Waals surface area (Å²) >= 11 is 5.73. The third-order valence-corrected chi connectivity index (χ3v) is 2.96. The molecular formula is C15H12ClN3O4. The smallest absolute Gasteiger partial charge is 0.278 e. The van der Waals surface area contributed by atoms with E-state index in [2.05, 4.69) is 10.5 Å². The van der Waals surface area contributed by atoms with Crippen LogP contribution in [-0.4, -0.2) is 23.7 Å². The lowest BCUT2D eigenvalue weighted by Crippen LogP contribution is -2.24. The molecule has 0 fully saturated rings. The maximum absolute atomic E-state index is 11.6. The molecule has 0 heterocycles. The van der Waals surface area contributed by atoms with Gasteiger partial charge in [-0.25, -0.2) is 5.43 Å². The number of hydrogen-bond donors (Lipinski definition) is 1. The predicted octanol–water partition coefficient (Wildman–Crippen LogP) is 2.78. The van der Waals surface area contributed by atoms with Crippen molar-refractivity contribution >= 4 is 29.4 Å². The molecule has 0 aliphatic rings. The highest BCUT2D eigenvalue weighted by molar-refractivity contribution is 6.30. The maximum Gasteiger partial charge on any atom is 0.278 e. The number of ether oxygens (including phenoxy) is 1. The van der Waals surface area contributed by atoms with E-state index in [1.807, 2.05) is 0 Å². The molecule has 0 aliphatic heterocycles. The van der Waals surface area contributed by atoms with E-state index < -0.39 is 10.8 Å². The fraction of sp³-hybridized carbons (Fsp3) is 0.0667. The van der Waals surface area contributed by atoms with Gasteiger partial charge in [-0.05, 0) is 30.3 Å². The van der Waals surface area contributed by atoms with Crippen molar-refractivity contribution in [3.63, 3.8) is 0 Å². The second kappa shape index (κ2) is 7.90. The SMILES string of the molecule is O=C(COc1ccc(Cl)cc1)N/N=C/c1ccccc1[N+](=O)[O-]. The Bertz CT molecular complexity index is 732. The Hall–Kier alpha value is -2.93. The number of benzene rings is 2. The van der Waals surface area contributed by atoms with Gasteiger partial charge in [-0.2, -0.15) is 5.10 Å². The zero-order valence-electron chi connectivity index (χ0n) is 11.8. The van der Waals surface area contributed by atoms with Gasteiger partial charge in [0.15, 0.2) is 6.61 Å². The molecule has 0 radical (unpaired) electrons. The molecule has 0 saturated carbocycles. The van der Waals surface area contributed by atoms with E-state index in [0.717, 1.165) is 0 Å². The maximum atomic E-state index is 11.6. The minimum atomic E-state index is -0.521. The first-order chi connectivity index (χ1) is 11.1. The van der Waals surface area contributed by atoms with Gasteiger partial charge in [0.2, 0.25) is 0 Å². The number of nitro benzene ring substituents is 1. The quantitative estimate of drug-likeness (QED) is 0.499. The van der Waals surface area contributed by atoms with Crippen LogP contribution in [0.4, 0.5) is 5.69 Å². The highest BCUT2D eigenvalue weighted by Gasteiger charge is 2.10. The van der Waals surface area contributed by atoms with Crippen LogP contribution in [0.15, 0.2) is 53.6 Å². The molecule has 7 nitrogen and oxygen atoms in total. The number of nitro groups is 1. The van der Waals surface area contributed by atoms with Crippen LogP contribution in [0.1, 0.15) is 5.56 Å². The molecule has 2 rings (SSSR count). The van der Waals surface area contributed by atoms with E-state index in [9.17, 15) is 14.9 Å². The first-order valence-electron chi connectivity index (χ1n) is 6.50. The molecule has 0 bridgehead atoms. The zero-order valence-corrected chi connectivity index (χ0v) is 12.6. The van der Waals surface area contributed by atoms with E-state index in [0.29, 0.717) is 10.8 Å². The number of hydrazone groups is 1.